The zero-order valence-electron chi connectivity index (χ0n) is 9.26. The van der Waals surface area contributed by atoms with Crippen molar-refractivity contribution in [3.05, 3.63) is 35.4 Å². The van der Waals surface area contributed by atoms with E-state index in [9.17, 15) is 4.39 Å². The van der Waals surface area contributed by atoms with E-state index in [1.54, 1.807) is 13.8 Å². The molecule has 0 radical (unpaired) electrons. The average molecular weight is 205 g/mol. The minimum Gasteiger partial charge on any atom is -0.244 e. The van der Waals surface area contributed by atoms with Gasteiger partial charge >= 0.3 is 0 Å². The molecule has 0 aromatic heterocycles. The highest BCUT2D eigenvalue weighted by Gasteiger charge is 2.14. The van der Waals surface area contributed by atoms with Gasteiger partial charge in [0.05, 0.1) is 12.5 Å². The molecule has 80 valence electrons. The molecule has 0 unspecified atom stereocenters. The summed E-state index contributed by atoms with van der Waals surface area (Å²) in [4.78, 5) is 0. The van der Waals surface area contributed by atoms with Crippen LogP contribution in [0.25, 0.3) is 0 Å². The van der Waals surface area contributed by atoms with Gasteiger partial charge in [-0.25, -0.2) is 4.39 Å². The van der Waals surface area contributed by atoms with Crippen molar-refractivity contribution in [3.8, 4) is 6.07 Å². The zero-order chi connectivity index (χ0) is 11.3. The third kappa shape index (κ3) is 4.60. The second kappa shape index (κ2) is 4.93. The molecule has 0 bridgehead atoms. The van der Waals surface area contributed by atoms with E-state index in [-0.39, 0.29) is 0 Å². The quantitative estimate of drug-likeness (QED) is 0.738. The maximum atomic E-state index is 13.3. The predicted octanol–water partition coefficient (Wildman–Crippen LogP) is 3.43. The van der Waals surface area contributed by atoms with Gasteiger partial charge in [-0.1, -0.05) is 24.3 Å². The van der Waals surface area contributed by atoms with E-state index in [2.05, 4.69) is 6.07 Å². The lowest BCUT2D eigenvalue weighted by molar-refractivity contribution is 0.202. The lowest BCUT2D eigenvalue weighted by atomic mass is 9.99. The third-order valence-corrected chi connectivity index (χ3v) is 2.28. The maximum absolute atomic E-state index is 13.3. The van der Waals surface area contributed by atoms with Crippen LogP contribution < -0.4 is 0 Å². The Bertz CT molecular complexity index is 358. The standard InChI is InChI=1S/C13H16FN/c1-13(2,14)8-6-11-4-3-5-12(10-11)7-9-15/h3-5,10H,6-8H2,1-2H3. The van der Waals surface area contributed by atoms with Crippen LogP contribution in [0.3, 0.4) is 0 Å². The number of hydrogen-bond acceptors (Lipinski definition) is 1. The van der Waals surface area contributed by atoms with Gasteiger partial charge in [-0.05, 0) is 37.8 Å². The number of nitriles is 1. The number of hydrogen-bond donors (Lipinski definition) is 0. The minimum absolute atomic E-state index is 0.423. The molecule has 1 aromatic rings. The molecule has 0 aliphatic rings. The summed E-state index contributed by atoms with van der Waals surface area (Å²) in [6, 6.07) is 9.92. The van der Waals surface area contributed by atoms with Crippen LogP contribution in [0.1, 0.15) is 31.4 Å². The van der Waals surface area contributed by atoms with Gasteiger partial charge in [0.15, 0.2) is 0 Å². The van der Waals surface area contributed by atoms with E-state index in [0.29, 0.717) is 12.8 Å². The number of alkyl halides is 1. The number of benzene rings is 1. The van der Waals surface area contributed by atoms with Crippen LogP contribution in [0.2, 0.25) is 0 Å². The summed E-state index contributed by atoms with van der Waals surface area (Å²) < 4.78 is 13.3. The van der Waals surface area contributed by atoms with Crippen LogP contribution in [0.4, 0.5) is 4.39 Å². The second-order valence-electron chi connectivity index (χ2n) is 4.37. The summed E-state index contributed by atoms with van der Waals surface area (Å²) in [6.07, 6.45) is 1.67. The van der Waals surface area contributed by atoms with E-state index in [0.717, 1.165) is 17.5 Å². The topological polar surface area (TPSA) is 23.8 Å². The number of nitrogens with zero attached hydrogens (tertiary/aromatic N) is 1. The predicted molar refractivity (Wildman–Crippen MR) is 59.3 cm³/mol. The van der Waals surface area contributed by atoms with Gasteiger partial charge in [0.2, 0.25) is 0 Å². The molecule has 0 amide bonds. The van der Waals surface area contributed by atoms with Crippen LogP contribution in [-0.2, 0) is 12.8 Å². The van der Waals surface area contributed by atoms with Crippen molar-refractivity contribution in [2.75, 3.05) is 0 Å². The smallest absolute Gasteiger partial charge is 0.105 e. The summed E-state index contributed by atoms with van der Waals surface area (Å²) in [5, 5.41) is 8.56. The SMILES string of the molecule is CC(C)(F)CCc1cccc(CC#N)c1. The Morgan fingerprint density at radius 2 is 2.00 bits per heavy atom. The molecule has 0 saturated carbocycles. The van der Waals surface area contributed by atoms with Gasteiger partial charge in [0.25, 0.3) is 0 Å². The molecule has 2 heteroatoms. The first-order valence-corrected chi connectivity index (χ1v) is 5.15. The number of aryl methyl sites for hydroxylation is 1. The highest BCUT2D eigenvalue weighted by molar-refractivity contribution is 5.25. The largest absolute Gasteiger partial charge is 0.244 e. The normalized spacial score (nSPS) is 11.1. The van der Waals surface area contributed by atoms with Gasteiger partial charge in [0.1, 0.15) is 5.67 Å². The molecule has 1 nitrogen and oxygen atoms in total. The molecule has 0 spiro atoms. The fourth-order valence-electron chi connectivity index (χ4n) is 1.43. The lowest BCUT2D eigenvalue weighted by Crippen LogP contribution is -2.12. The summed E-state index contributed by atoms with van der Waals surface area (Å²) in [7, 11) is 0. The molecule has 0 atom stereocenters. The highest BCUT2D eigenvalue weighted by atomic mass is 19.1. The second-order valence-corrected chi connectivity index (χ2v) is 4.37. The molecule has 0 N–H and O–H groups in total. The Morgan fingerprint density at radius 1 is 1.33 bits per heavy atom. The van der Waals surface area contributed by atoms with E-state index in [1.807, 2.05) is 24.3 Å². The van der Waals surface area contributed by atoms with E-state index in [1.165, 1.54) is 0 Å². The molecule has 0 saturated heterocycles. The van der Waals surface area contributed by atoms with Gasteiger partial charge in [-0.15, -0.1) is 0 Å². The first-order chi connectivity index (χ1) is 7.01. The molecule has 15 heavy (non-hydrogen) atoms. The summed E-state index contributed by atoms with van der Waals surface area (Å²) in [6.45, 7) is 3.18. The van der Waals surface area contributed by atoms with Gasteiger partial charge in [0, 0.05) is 0 Å². The Balaban J connectivity index is 2.62. The molecule has 0 aliphatic carbocycles. The van der Waals surface area contributed by atoms with Crippen molar-refractivity contribution in [2.24, 2.45) is 0 Å². The van der Waals surface area contributed by atoms with Crippen LogP contribution in [0.15, 0.2) is 24.3 Å². The van der Waals surface area contributed by atoms with Crippen molar-refractivity contribution >= 4 is 0 Å². The third-order valence-electron chi connectivity index (χ3n) is 2.28. The number of rotatable bonds is 4. The van der Waals surface area contributed by atoms with Crippen LogP contribution in [0, 0.1) is 11.3 Å². The van der Waals surface area contributed by atoms with Gasteiger partial charge in [-0.2, -0.15) is 5.26 Å². The van der Waals surface area contributed by atoms with Crippen molar-refractivity contribution in [1.29, 1.82) is 5.26 Å². The van der Waals surface area contributed by atoms with Gasteiger partial charge in [-0.3, -0.25) is 0 Å². The molecular formula is C13H16FN. The molecule has 0 fully saturated rings. The molecule has 0 aliphatic heterocycles. The fraction of sp³-hybridized carbons (Fsp3) is 0.462. The van der Waals surface area contributed by atoms with Crippen molar-refractivity contribution < 1.29 is 4.39 Å². The number of halogens is 1. The first-order valence-electron chi connectivity index (χ1n) is 5.15. The van der Waals surface area contributed by atoms with Crippen molar-refractivity contribution in [2.45, 2.75) is 38.8 Å². The minimum atomic E-state index is -1.12. The summed E-state index contributed by atoms with van der Waals surface area (Å²) >= 11 is 0. The lowest BCUT2D eigenvalue weighted by Gasteiger charge is -2.13. The maximum Gasteiger partial charge on any atom is 0.105 e. The molecule has 0 heterocycles. The fourth-order valence-corrected chi connectivity index (χ4v) is 1.43. The monoisotopic (exact) mass is 205 g/mol. The van der Waals surface area contributed by atoms with Crippen molar-refractivity contribution in [3.63, 3.8) is 0 Å². The first kappa shape index (κ1) is 11.7. The van der Waals surface area contributed by atoms with Gasteiger partial charge < -0.3 is 0 Å². The van der Waals surface area contributed by atoms with Crippen molar-refractivity contribution in [1.82, 2.24) is 0 Å². The Labute approximate surface area is 90.5 Å². The van der Waals surface area contributed by atoms with E-state index >= 15 is 0 Å². The summed E-state index contributed by atoms with van der Waals surface area (Å²) in [5.74, 6) is 0. The molecular weight excluding hydrogens is 189 g/mol. The molecule has 1 aromatic carbocycles. The van der Waals surface area contributed by atoms with Crippen LogP contribution in [0.5, 0.6) is 0 Å². The average Bonchev–Trinajstić information content (AvgIpc) is 2.15. The Kier molecular flexibility index (Phi) is 3.85. The Morgan fingerprint density at radius 3 is 2.60 bits per heavy atom. The van der Waals surface area contributed by atoms with Crippen LogP contribution in [-0.4, -0.2) is 5.67 Å². The molecule has 1 rings (SSSR count). The van der Waals surface area contributed by atoms with E-state index in [4.69, 9.17) is 5.26 Å². The zero-order valence-corrected chi connectivity index (χ0v) is 9.26. The summed E-state index contributed by atoms with van der Waals surface area (Å²) in [5.41, 5.74) is 0.991. The highest BCUT2D eigenvalue weighted by Crippen LogP contribution is 2.18. The van der Waals surface area contributed by atoms with E-state index < -0.39 is 5.67 Å². The van der Waals surface area contributed by atoms with Crippen LogP contribution >= 0.6 is 0 Å². The Hall–Kier alpha value is -1.36.